The van der Waals surface area contributed by atoms with Crippen molar-refractivity contribution in [2.24, 2.45) is 0 Å². The molecular weight excluding hydrogens is 277 g/mol. The fourth-order valence-electron chi connectivity index (χ4n) is 3.61. The molecule has 1 saturated heterocycles. The fourth-order valence-corrected chi connectivity index (χ4v) is 3.61. The second-order valence-corrected chi connectivity index (χ2v) is 6.39. The van der Waals surface area contributed by atoms with E-state index in [9.17, 15) is 13.2 Å². The van der Waals surface area contributed by atoms with Gasteiger partial charge in [0.15, 0.2) is 0 Å². The molecular formula is C16H21F3N2. The zero-order valence-electron chi connectivity index (χ0n) is 12.2. The molecule has 5 heteroatoms. The van der Waals surface area contributed by atoms with Crippen LogP contribution in [-0.4, -0.2) is 24.7 Å². The van der Waals surface area contributed by atoms with E-state index >= 15 is 0 Å². The Morgan fingerprint density at radius 1 is 1.24 bits per heavy atom. The van der Waals surface area contributed by atoms with E-state index in [1.54, 1.807) is 6.07 Å². The second-order valence-electron chi connectivity index (χ2n) is 6.39. The Bertz CT molecular complexity index is 506. The highest BCUT2D eigenvalue weighted by atomic mass is 19.4. The summed E-state index contributed by atoms with van der Waals surface area (Å²) in [4.78, 5) is 2.14. The quantitative estimate of drug-likeness (QED) is 0.848. The molecule has 3 rings (SSSR count). The van der Waals surface area contributed by atoms with Gasteiger partial charge in [0.1, 0.15) is 0 Å². The van der Waals surface area contributed by atoms with Crippen LogP contribution in [0.2, 0.25) is 0 Å². The molecule has 1 aromatic rings. The third-order valence-corrected chi connectivity index (χ3v) is 4.84. The molecule has 1 heterocycles. The topological polar surface area (TPSA) is 15.3 Å². The average Bonchev–Trinajstić information content (AvgIpc) is 2.90. The van der Waals surface area contributed by atoms with Gasteiger partial charge in [-0.05, 0) is 38.0 Å². The van der Waals surface area contributed by atoms with Gasteiger partial charge in [0, 0.05) is 30.4 Å². The van der Waals surface area contributed by atoms with Crippen molar-refractivity contribution in [3.05, 3.63) is 29.8 Å². The average molecular weight is 298 g/mol. The lowest BCUT2D eigenvalue weighted by Crippen LogP contribution is -2.62. The predicted octanol–water partition coefficient (Wildman–Crippen LogP) is 3.82. The molecule has 1 aliphatic carbocycles. The lowest BCUT2D eigenvalue weighted by atomic mass is 9.92. The first kappa shape index (κ1) is 14.7. The van der Waals surface area contributed by atoms with Crippen molar-refractivity contribution in [2.75, 3.05) is 18.0 Å². The molecule has 1 aromatic carbocycles. The molecule has 1 aliphatic heterocycles. The van der Waals surface area contributed by atoms with Crippen LogP contribution in [0.1, 0.15) is 38.2 Å². The zero-order chi connectivity index (χ0) is 15.1. The Morgan fingerprint density at radius 2 is 1.95 bits per heavy atom. The third kappa shape index (κ3) is 2.89. The van der Waals surface area contributed by atoms with Crippen LogP contribution in [-0.2, 0) is 6.18 Å². The molecule has 2 nitrogen and oxygen atoms in total. The Labute approximate surface area is 123 Å². The first-order valence-corrected chi connectivity index (χ1v) is 7.59. The Hall–Kier alpha value is -1.23. The van der Waals surface area contributed by atoms with Crippen LogP contribution in [0.3, 0.4) is 0 Å². The van der Waals surface area contributed by atoms with E-state index in [4.69, 9.17) is 0 Å². The van der Waals surface area contributed by atoms with Crippen molar-refractivity contribution in [3.63, 3.8) is 0 Å². The number of hydrogen-bond acceptors (Lipinski definition) is 2. The SMILES string of the molecule is CC1CNC2(CCCC2)CN1c1cccc(C(F)(F)F)c1. The van der Waals surface area contributed by atoms with Crippen molar-refractivity contribution >= 4 is 5.69 Å². The van der Waals surface area contributed by atoms with Crippen LogP contribution in [0.5, 0.6) is 0 Å². The molecule has 116 valence electrons. The summed E-state index contributed by atoms with van der Waals surface area (Å²) in [5, 5.41) is 3.62. The van der Waals surface area contributed by atoms with Gasteiger partial charge in [-0.15, -0.1) is 0 Å². The molecule has 0 aromatic heterocycles. The van der Waals surface area contributed by atoms with E-state index in [2.05, 4.69) is 17.1 Å². The molecule has 0 bridgehead atoms. The van der Waals surface area contributed by atoms with Crippen LogP contribution in [0.25, 0.3) is 0 Å². The lowest BCUT2D eigenvalue weighted by molar-refractivity contribution is -0.137. The van der Waals surface area contributed by atoms with E-state index in [1.165, 1.54) is 25.0 Å². The van der Waals surface area contributed by atoms with E-state index < -0.39 is 11.7 Å². The number of hydrogen-bond donors (Lipinski definition) is 1. The standard InChI is InChI=1S/C16H21F3N2/c1-12-10-20-15(7-2-3-8-15)11-21(12)14-6-4-5-13(9-14)16(17,18)19/h4-6,9,12,20H,2-3,7-8,10-11H2,1H3. The second kappa shape index (κ2) is 5.20. The smallest absolute Gasteiger partial charge is 0.366 e. The highest BCUT2D eigenvalue weighted by Gasteiger charge is 2.40. The number of nitrogens with zero attached hydrogens (tertiary/aromatic N) is 1. The normalized spacial score (nSPS) is 25.5. The minimum absolute atomic E-state index is 0.0980. The Kier molecular flexibility index (Phi) is 3.64. The summed E-state index contributed by atoms with van der Waals surface area (Å²) in [7, 11) is 0. The maximum atomic E-state index is 12.9. The minimum Gasteiger partial charge on any atom is -0.366 e. The van der Waals surface area contributed by atoms with Gasteiger partial charge in [-0.25, -0.2) is 0 Å². The zero-order valence-corrected chi connectivity index (χ0v) is 12.2. The van der Waals surface area contributed by atoms with Gasteiger partial charge in [-0.3, -0.25) is 0 Å². The van der Waals surface area contributed by atoms with E-state index in [0.29, 0.717) is 5.69 Å². The van der Waals surface area contributed by atoms with Gasteiger partial charge >= 0.3 is 6.18 Å². The molecule has 1 saturated carbocycles. The van der Waals surface area contributed by atoms with Crippen molar-refractivity contribution in [1.29, 1.82) is 0 Å². The van der Waals surface area contributed by atoms with Crippen LogP contribution in [0.4, 0.5) is 18.9 Å². The van der Waals surface area contributed by atoms with Crippen LogP contribution >= 0.6 is 0 Å². The van der Waals surface area contributed by atoms with E-state index in [-0.39, 0.29) is 11.6 Å². The number of anilines is 1. The highest BCUT2D eigenvalue weighted by Crippen LogP contribution is 2.37. The Balaban J connectivity index is 1.87. The first-order chi connectivity index (χ1) is 9.90. The molecule has 1 spiro atoms. The van der Waals surface area contributed by atoms with Crippen LogP contribution < -0.4 is 10.2 Å². The molecule has 0 amide bonds. The van der Waals surface area contributed by atoms with Gasteiger partial charge in [-0.1, -0.05) is 18.9 Å². The molecule has 21 heavy (non-hydrogen) atoms. The van der Waals surface area contributed by atoms with Gasteiger partial charge < -0.3 is 10.2 Å². The minimum atomic E-state index is -4.28. The lowest BCUT2D eigenvalue weighted by Gasteiger charge is -2.46. The maximum Gasteiger partial charge on any atom is 0.416 e. The van der Waals surface area contributed by atoms with Gasteiger partial charge in [0.05, 0.1) is 5.56 Å². The third-order valence-electron chi connectivity index (χ3n) is 4.84. The summed E-state index contributed by atoms with van der Waals surface area (Å²) in [5.41, 5.74) is 0.220. The van der Waals surface area contributed by atoms with Gasteiger partial charge in [-0.2, -0.15) is 13.2 Å². The predicted molar refractivity (Wildman–Crippen MR) is 77.5 cm³/mol. The number of alkyl halides is 3. The van der Waals surface area contributed by atoms with Gasteiger partial charge in [0.2, 0.25) is 0 Å². The van der Waals surface area contributed by atoms with Crippen molar-refractivity contribution in [2.45, 2.75) is 50.4 Å². The highest BCUT2D eigenvalue weighted by molar-refractivity contribution is 5.51. The summed E-state index contributed by atoms with van der Waals surface area (Å²) < 4.78 is 38.7. The van der Waals surface area contributed by atoms with Crippen LogP contribution in [0.15, 0.2) is 24.3 Å². The molecule has 2 aliphatic rings. The molecule has 1 atom stereocenters. The molecule has 2 fully saturated rings. The summed E-state index contributed by atoms with van der Waals surface area (Å²) in [6.07, 6.45) is 0.373. The van der Waals surface area contributed by atoms with Crippen LogP contribution in [0, 0.1) is 0 Å². The molecule has 1 N–H and O–H groups in total. The number of halogens is 3. The fraction of sp³-hybridized carbons (Fsp3) is 0.625. The van der Waals surface area contributed by atoms with Crippen molar-refractivity contribution in [1.82, 2.24) is 5.32 Å². The number of rotatable bonds is 1. The largest absolute Gasteiger partial charge is 0.416 e. The first-order valence-electron chi connectivity index (χ1n) is 7.59. The van der Waals surface area contributed by atoms with Gasteiger partial charge in [0.25, 0.3) is 0 Å². The number of nitrogens with one attached hydrogen (secondary N) is 1. The summed E-state index contributed by atoms with van der Waals surface area (Å²) in [6, 6.07) is 5.93. The maximum absolute atomic E-state index is 12.9. The van der Waals surface area contributed by atoms with E-state index in [0.717, 1.165) is 32.0 Å². The summed E-state index contributed by atoms with van der Waals surface area (Å²) in [6.45, 7) is 3.70. The van der Waals surface area contributed by atoms with Crippen molar-refractivity contribution < 1.29 is 13.2 Å². The number of piperazine rings is 1. The number of benzene rings is 1. The van der Waals surface area contributed by atoms with Crippen molar-refractivity contribution in [3.8, 4) is 0 Å². The monoisotopic (exact) mass is 298 g/mol. The molecule has 1 unspecified atom stereocenters. The van der Waals surface area contributed by atoms with E-state index in [1.807, 2.05) is 0 Å². The summed E-state index contributed by atoms with van der Waals surface area (Å²) >= 11 is 0. The Morgan fingerprint density at radius 3 is 2.62 bits per heavy atom. The molecule has 0 radical (unpaired) electrons. The summed E-state index contributed by atoms with van der Waals surface area (Å²) in [5.74, 6) is 0.